The van der Waals surface area contributed by atoms with Gasteiger partial charge in [0.15, 0.2) is 0 Å². The van der Waals surface area contributed by atoms with Crippen molar-refractivity contribution in [1.82, 2.24) is 4.90 Å². The smallest absolute Gasteiger partial charge is 0.125 e. The summed E-state index contributed by atoms with van der Waals surface area (Å²) in [7, 11) is 7.52. The molecule has 3 heteroatoms. The van der Waals surface area contributed by atoms with E-state index in [4.69, 9.17) is 9.47 Å². The summed E-state index contributed by atoms with van der Waals surface area (Å²) in [5.74, 6) is 1.73. The van der Waals surface area contributed by atoms with Gasteiger partial charge in [-0.3, -0.25) is 0 Å². The molecule has 0 radical (unpaired) electrons. The first-order valence-corrected chi connectivity index (χ1v) is 5.45. The van der Waals surface area contributed by atoms with Gasteiger partial charge < -0.3 is 14.4 Å². The van der Waals surface area contributed by atoms with Gasteiger partial charge in [-0.05, 0) is 39.1 Å². The van der Waals surface area contributed by atoms with Crippen LogP contribution in [0.5, 0.6) is 11.5 Å². The van der Waals surface area contributed by atoms with E-state index in [2.05, 4.69) is 32.0 Å². The summed E-state index contributed by atoms with van der Waals surface area (Å²) < 4.78 is 10.5. The highest BCUT2D eigenvalue weighted by atomic mass is 16.5. The number of nitrogens with zero attached hydrogens (tertiary/aromatic N) is 1. The standard InChI is InChI=1S/C13H21NO2/c1-10(14(2)3)8-11-6-7-12(15-4)9-13(11)16-5/h6-7,9-10H,8H2,1-5H3. The molecular formula is C13H21NO2. The molecule has 1 rings (SSSR count). The van der Waals surface area contributed by atoms with E-state index in [1.165, 1.54) is 5.56 Å². The van der Waals surface area contributed by atoms with Crippen molar-refractivity contribution < 1.29 is 9.47 Å². The van der Waals surface area contributed by atoms with Crippen LogP contribution in [0.25, 0.3) is 0 Å². The zero-order valence-corrected chi connectivity index (χ0v) is 10.8. The fourth-order valence-corrected chi connectivity index (χ4v) is 1.52. The molecule has 0 aromatic heterocycles. The maximum absolute atomic E-state index is 5.37. The van der Waals surface area contributed by atoms with Gasteiger partial charge in [0.1, 0.15) is 11.5 Å². The molecular weight excluding hydrogens is 202 g/mol. The molecule has 0 N–H and O–H groups in total. The third-order valence-corrected chi connectivity index (χ3v) is 2.89. The lowest BCUT2D eigenvalue weighted by Gasteiger charge is -2.21. The van der Waals surface area contributed by atoms with E-state index in [1.807, 2.05) is 12.1 Å². The predicted octanol–water partition coefficient (Wildman–Crippen LogP) is 2.20. The molecule has 0 aliphatic heterocycles. The second kappa shape index (κ2) is 5.75. The van der Waals surface area contributed by atoms with Crippen molar-refractivity contribution in [1.29, 1.82) is 0 Å². The number of rotatable bonds is 5. The molecule has 1 atom stereocenters. The highest BCUT2D eigenvalue weighted by molar-refractivity contribution is 5.41. The molecule has 0 saturated heterocycles. The number of likely N-dealkylation sites (N-methyl/N-ethyl adjacent to an activating group) is 1. The molecule has 90 valence electrons. The van der Waals surface area contributed by atoms with Crippen molar-refractivity contribution in [3.8, 4) is 11.5 Å². The summed E-state index contributed by atoms with van der Waals surface area (Å²) in [4.78, 5) is 2.20. The molecule has 0 fully saturated rings. The number of benzene rings is 1. The largest absolute Gasteiger partial charge is 0.497 e. The maximum Gasteiger partial charge on any atom is 0.125 e. The summed E-state index contributed by atoms with van der Waals surface area (Å²) in [5, 5.41) is 0. The SMILES string of the molecule is COc1ccc(CC(C)N(C)C)c(OC)c1. The fourth-order valence-electron chi connectivity index (χ4n) is 1.52. The first-order chi connectivity index (χ1) is 7.58. The van der Waals surface area contributed by atoms with Crippen molar-refractivity contribution in [2.45, 2.75) is 19.4 Å². The predicted molar refractivity (Wildman–Crippen MR) is 66.4 cm³/mol. The van der Waals surface area contributed by atoms with Crippen LogP contribution in [0.2, 0.25) is 0 Å². The van der Waals surface area contributed by atoms with Crippen LogP contribution in [0.4, 0.5) is 0 Å². The lowest BCUT2D eigenvalue weighted by molar-refractivity contribution is 0.308. The van der Waals surface area contributed by atoms with Gasteiger partial charge in [-0.2, -0.15) is 0 Å². The molecule has 16 heavy (non-hydrogen) atoms. The summed E-state index contributed by atoms with van der Waals surface area (Å²) in [6.07, 6.45) is 0.972. The molecule has 0 aliphatic rings. The minimum absolute atomic E-state index is 0.488. The molecule has 0 heterocycles. The Kier molecular flexibility index (Phi) is 4.62. The molecule has 0 bridgehead atoms. The lowest BCUT2D eigenvalue weighted by Crippen LogP contribution is -2.26. The van der Waals surface area contributed by atoms with Gasteiger partial charge in [-0.25, -0.2) is 0 Å². The van der Waals surface area contributed by atoms with Crippen molar-refractivity contribution in [3.05, 3.63) is 23.8 Å². The molecule has 0 amide bonds. The summed E-state index contributed by atoms with van der Waals surface area (Å²) in [6, 6.07) is 6.46. The van der Waals surface area contributed by atoms with Crippen LogP contribution in [0, 0.1) is 0 Å². The van der Waals surface area contributed by atoms with Gasteiger partial charge in [0.05, 0.1) is 14.2 Å². The van der Waals surface area contributed by atoms with Crippen molar-refractivity contribution >= 4 is 0 Å². The number of hydrogen-bond donors (Lipinski definition) is 0. The van der Waals surface area contributed by atoms with Crippen LogP contribution in [0.1, 0.15) is 12.5 Å². The minimum Gasteiger partial charge on any atom is -0.497 e. The molecule has 1 unspecified atom stereocenters. The van der Waals surface area contributed by atoms with Gasteiger partial charge in [0, 0.05) is 12.1 Å². The zero-order chi connectivity index (χ0) is 12.1. The van der Waals surface area contributed by atoms with Gasteiger partial charge in [-0.15, -0.1) is 0 Å². The Balaban J connectivity index is 2.87. The van der Waals surface area contributed by atoms with Crippen molar-refractivity contribution in [3.63, 3.8) is 0 Å². The quantitative estimate of drug-likeness (QED) is 0.764. The van der Waals surface area contributed by atoms with E-state index in [0.717, 1.165) is 17.9 Å². The lowest BCUT2D eigenvalue weighted by atomic mass is 10.1. The summed E-state index contributed by atoms with van der Waals surface area (Å²) in [5.41, 5.74) is 1.21. The Morgan fingerprint density at radius 2 is 1.88 bits per heavy atom. The normalized spacial score (nSPS) is 12.6. The van der Waals surface area contributed by atoms with E-state index in [0.29, 0.717) is 6.04 Å². The van der Waals surface area contributed by atoms with Crippen molar-refractivity contribution in [2.24, 2.45) is 0 Å². The van der Waals surface area contributed by atoms with Gasteiger partial charge in [-0.1, -0.05) is 6.07 Å². The molecule has 0 spiro atoms. The Hall–Kier alpha value is -1.22. The number of hydrogen-bond acceptors (Lipinski definition) is 3. The Bertz CT molecular complexity index is 337. The van der Waals surface area contributed by atoms with E-state index in [1.54, 1.807) is 14.2 Å². The number of methoxy groups -OCH3 is 2. The first kappa shape index (κ1) is 12.8. The topological polar surface area (TPSA) is 21.7 Å². The summed E-state index contributed by atoms with van der Waals surface area (Å²) in [6.45, 7) is 2.20. The molecule has 1 aromatic carbocycles. The van der Waals surface area contributed by atoms with Crippen LogP contribution in [-0.2, 0) is 6.42 Å². The first-order valence-electron chi connectivity index (χ1n) is 5.45. The van der Waals surface area contributed by atoms with Gasteiger partial charge in [0.2, 0.25) is 0 Å². The second-order valence-corrected chi connectivity index (χ2v) is 4.19. The Morgan fingerprint density at radius 3 is 2.38 bits per heavy atom. The van der Waals surface area contributed by atoms with Crippen LogP contribution >= 0.6 is 0 Å². The Morgan fingerprint density at radius 1 is 1.19 bits per heavy atom. The zero-order valence-electron chi connectivity index (χ0n) is 10.8. The monoisotopic (exact) mass is 223 g/mol. The van der Waals surface area contributed by atoms with Crippen molar-refractivity contribution in [2.75, 3.05) is 28.3 Å². The number of ether oxygens (including phenoxy) is 2. The second-order valence-electron chi connectivity index (χ2n) is 4.19. The highest BCUT2D eigenvalue weighted by Crippen LogP contribution is 2.25. The van der Waals surface area contributed by atoms with E-state index in [-0.39, 0.29) is 0 Å². The fraction of sp³-hybridized carbons (Fsp3) is 0.538. The molecule has 3 nitrogen and oxygen atoms in total. The maximum atomic E-state index is 5.37. The molecule has 1 aromatic rings. The average Bonchev–Trinajstić information content (AvgIpc) is 2.29. The van der Waals surface area contributed by atoms with Crippen LogP contribution < -0.4 is 9.47 Å². The molecule has 0 saturated carbocycles. The Labute approximate surface area is 98.0 Å². The van der Waals surface area contributed by atoms with E-state index < -0.39 is 0 Å². The third kappa shape index (κ3) is 3.14. The van der Waals surface area contributed by atoms with Gasteiger partial charge in [0.25, 0.3) is 0 Å². The summed E-state index contributed by atoms with van der Waals surface area (Å²) >= 11 is 0. The van der Waals surface area contributed by atoms with E-state index >= 15 is 0 Å². The average molecular weight is 223 g/mol. The van der Waals surface area contributed by atoms with Crippen LogP contribution in [-0.4, -0.2) is 39.3 Å². The third-order valence-electron chi connectivity index (χ3n) is 2.89. The van der Waals surface area contributed by atoms with Crippen LogP contribution in [0.3, 0.4) is 0 Å². The highest BCUT2D eigenvalue weighted by Gasteiger charge is 2.10. The van der Waals surface area contributed by atoms with E-state index in [9.17, 15) is 0 Å². The van der Waals surface area contributed by atoms with Gasteiger partial charge >= 0.3 is 0 Å². The van der Waals surface area contributed by atoms with Crippen LogP contribution in [0.15, 0.2) is 18.2 Å². The molecule has 0 aliphatic carbocycles. The minimum atomic E-state index is 0.488.